The molecule has 0 atom stereocenters. The predicted octanol–water partition coefficient (Wildman–Crippen LogP) is 0.840. The van der Waals surface area contributed by atoms with Crippen LogP contribution in [-0.4, -0.2) is 57.4 Å². The summed E-state index contributed by atoms with van der Waals surface area (Å²) in [6, 6.07) is 6.68. The lowest BCUT2D eigenvalue weighted by Gasteiger charge is -2.33. The Bertz CT molecular complexity index is 557. The second-order valence-corrected chi connectivity index (χ2v) is 7.06. The molecule has 1 aromatic rings. The Morgan fingerprint density at radius 2 is 1.95 bits per heavy atom. The van der Waals surface area contributed by atoms with Gasteiger partial charge in [-0.2, -0.15) is 12.7 Å². The van der Waals surface area contributed by atoms with Gasteiger partial charge in [0.15, 0.2) is 0 Å². The van der Waals surface area contributed by atoms with Crippen molar-refractivity contribution >= 4 is 10.2 Å². The van der Waals surface area contributed by atoms with Gasteiger partial charge in [-0.15, -0.1) is 0 Å². The van der Waals surface area contributed by atoms with Gasteiger partial charge in [-0.1, -0.05) is 12.1 Å². The molecule has 21 heavy (non-hydrogen) atoms. The minimum atomic E-state index is -3.30. The van der Waals surface area contributed by atoms with Crippen molar-refractivity contribution in [3.63, 3.8) is 0 Å². The van der Waals surface area contributed by atoms with Crippen LogP contribution in [0.4, 0.5) is 4.39 Å². The van der Waals surface area contributed by atoms with Gasteiger partial charge in [0.2, 0.25) is 0 Å². The molecule has 1 aromatic carbocycles. The Morgan fingerprint density at radius 3 is 2.57 bits per heavy atom. The summed E-state index contributed by atoms with van der Waals surface area (Å²) in [4.78, 5) is 2.25. The fourth-order valence-corrected chi connectivity index (χ4v) is 3.42. The Labute approximate surface area is 125 Å². The zero-order valence-corrected chi connectivity index (χ0v) is 13.1. The van der Waals surface area contributed by atoms with Crippen LogP contribution < -0.4 is 4.72 Å². The molecule has 0 spiro atoms. The summed E-state index contributed by atoms with van der Waals surface area (Å²) < 4.78 is 40.2. The van der Waals surface area contributed by atoms with Crippen LogP contribution in [0.5, 0.6) is 0 Å². The average molecular weight is 315 g/mol. The topological polar surface area (TPSA) is 52.7 Å². The maximum Gasteiger partial charge on any atom is 0.279 e. The summed E-state index contributed by atoms with van der Waals surface area (Å²) in [5.41, 5.74) is 1.01. The first-order valence-electron chi connectivity index (χ1n) is 7.17. The van der Waals surface area contributed by atoms with Gasteiger partial charge >= 0.3 is 0 Å². The van der Waals surface area contributed by atoms with Crippen molar-refractivity contribution in [2.24, 2.45) is 0 Å². The Kier molecular flexibility index (Phi) is 5.69. The first-order chi connectivity index (χ1) is 10.0. The van der Waals surface area contributed by atoms with Gasteiger partial charge < -0.3 is 4.90 Å². The molecule has 2 rings (SSSR count). The normalized spacial score (nSPS) is 18.0. The fraction of sp³-hybridized carbons (Fsp3) is 0.571. The Morgan fingerprint density at radius 1 is 1.24 bits per heavy atom. The summed E-state index contributed by atoms with van der Waals surface area (Å²) in [6.45, 7) is 3.42. The molecule has 0 amide bonds. The zero-order valence-electron chi connectivity index (χ0n) is 12.3. The number of nitrogens with zero attached hydrogens (tertiary/aromatic N) is 2. The van der Waals surface area contributed by atoms with Gasteiger partial charge in [-0.3, -0.25) is 0 Å². The molecule has 118 valence electrons. The van der Waals surface area contributed by atoms with Gasteiger partial charge in [0.25, 0.3) is 10.2 Å². The Balaban J connectivity index is 1.72. The molecule has 0 unspecified atom stereocenters. The van der Waals surface area contributed by atoms with Crippen molar-refractivity contribution in [3.05, 3.63) is 35.6 Å². The van der Waals surface area contributed by atoms with Crippen molar-refractivity contribution in [2.75, 3.05) is 39.8 Å². The maximum absolute atomic E-state index is 13.1. The Hall–Kier alpha value is -1.02. The van der Waals surface area contributed by atoms with Gasteiger partial charge in [-0.25, -0.2) is 9.11 Å². The number of aryl methyl sites for hydroxylation is 1. The molecule has 1 aliphatic heterocycles. The van der Waals surface area contributed by atoms with E-state index < -0.39 is 10.2 Å². The van der Waals surface area contributed by atoms with E-state index in [9.17, 15) is 12.8 Å². The molecular weight excluding hydrogens is 293 g/mol. The van der Waals surface area contributed by atoms with Gasteiger partial charge in [0.1, 0.15) is 5.82 Å². The molecule has 1 N–H and O–H groups in total. The lowest BCUT2D eigenvalue weighted by Crippen LogP contribution is -2.51. The molecule has 1 saturated heterocycles. The predicted molar refractivity (Wildman–Crippen MR) is 80.7 cm³/mol. The van der Waals surface area contributed by atoms with E-state index in [0.717, 1.165) is 38.0 Å². The molecule has 5 nitrogen and oxygen atoms in total. The van der Waals surface area contributed by atoms with Crippen LogP contribution in [0.15, 0.2) is 24.3 Å². The highest BCUT2D eigenvalue weighted by molar-refractivity contribution is 7.87. The van der Waals surface area contributed by atoms with Crippen LogP contribution in [0.25, 0.3) is 0 Å². The van der Waals surface area contributed by atoms with Crippen LogP contribution in [-0.2, 0) is 16.6 Å². The van der Waals surface area contributed by atoms with E-state index in [-0.39, 0.29) is 5.82 Å². The van der Waals surface area contributed by atoms with E-state index in [1.54, 1.807) is 12.1 Å². The number of benzene rings is 1. The number of nitrogens with one attached hydrogen (secondary N) is 1. The van der Waals surface area contributed by atoms with Crippen molar-refractivity contribution in [3.8, 4) is 0 Å². The summed E-state index contributed by atoms with van der Waals surface area (Å²) in [5.74, 6) is -0.196. The van der Waals surface area contributed by atoms with Gasteiger partial charge in [-0.05, 0) is 37.1 Å². The lowest BCUT2D eigenvalue weighted by atomic mass is 10.1. The molecular formula is C14H22FN3O2S. The number of rotatable bonds is 6. The molecule has 1 heterocycles. The summed E-state index contributed by atoms with van der Waals surface area (Å²) in [7, 11) is -1.87. The summed E-state index contributed by atoms with van der Waals surface area (Å²) in [6.07, 6.45) is 1.79. The zero-order chi connectivity index (χ0) is 15.3. The second-order valence-electron chi connectivity index (χ2n) is 5.18. The van der Waals surface area contributed by atoms with E-state index in [1.165, 1.54) is 17.4 Å². The largest absolute Gasteiger partial charge is 0.301 e. The summed E-state index contributed by atoms with van der Waals surface area (Å²) in [5, 5.41) is 0. The fourth-order valence-electron chi connectivity index (χ4n) is 2.52. The molecule has 0 radical (unpaired) electrons. The summed E-state index contributed by atoms with van der Waals surface area (Å²) >= 11 is 0. The SMILES string of the molecule is CNS(=O)(=O)N1CCN(CCCc2cccc(F)c2)CC1. The van der Waals surface area contributed by atoms with E-state index in [1.807, 2.05) is 6.07 Å². The first-order valence-corrected chi connectivity index (χ1v) is 8.61. The standard InChI is InChI=1S/C14H22FN3O2S/c1-16-21(19,20)18-10-8-17(9-11-18)7-3-5-13-4-2-6-14(15)12-13/h2,4,6,12,16H,3,5,7-11H2,1H3. The molecule has 7 heteroatoms. The van der Waals surface area contributed by atoms with Crippen LogP contribution in [0.3, 0.4) is 0 Å². The number of hydrogen-bond acceptors (Lipinski definition) is 3. The van der Waals surface area contributed by atoms with E-state index >= 15 is 0 Å². The van der Waals surface area contributed by atoms with Crippen molar-refractivity contribution in [1.82, 2.24) is 13.9 Å². The average Bonchev–Trinajstić information content (AvgIpc) is 2.48. The maximum atomic E-state index is 13.1. The van der Waals surface area contributed by atoms with Crippen LogP contribution in [0.1, 0.15) is 12.0 Å². The lowest BCUT2D eigenvalue weighted by molar-refractivity contribution is 0.186. The van der Waals surface area contributed by atoms with Crippen molar-refractivity contribution in [1.29, 1.82) is 0 Å². The highest BCUT2D eigenvalue weighted by atomic mass is 32.2. The quantitative estimate of drug-likeness (QED) is 0.846. The third-order valence-electron chi connectivity index (χ3n) is 3.76. The monoisotopic (exact) mass is 315 g/mol. The van der Waals surface area contributed by atoms with Crippen molar-refractivity contribution < 1.29 is 12.8 Å². The van der Waals surface area contributed by atoms with Gasteiger partial charge in [0.05, 0.1) is 0 Å². The van der Waals surface area contributed by atoms with E-state index in [4.69, 9.17) is 0 Å². The first kappa shape index (κ1) is 16.4. The van der Waals surface area contributed by atoms with Crippen LogP contribution >= 0.6 is 0 Å². The minimum Gasteiger partial charge on any atom is -0.301 e. The molecule has 0 aromatic heterocycles. The smallest absolute Gasteiger partial charge is 0.279 e. The highest BCUT2D eigenvalue weighted by Crippen LogP contribution is 2.09. The third-order valence-corrected chi connectivity index (χ3v) is 5.32. The molecule has 1 fully saturated rings. The molecule has 1 aliphatic rings. The third kappa shape index (κ3) is 4.74. The highest BCUT2D eigenvalue weighted by Gasteiger charge is 2.25. The van der Waals surface area contributed by atoms with Crippen molar-refractivity contribution in [2.45, 2.75) is 12.8 Å². The van der Waals surface area contributed by atoms with Crippen LogP contribution in [0.2, 0.25) is 0 Å². The van der Waals surface area contributed by atoms with Gasteiger partial charge in [0, 0.05) is 33.2 Å². The molecule has 0 saturated carbocycles. The number of hydrogen-bond donors (Lipinski definition) is 1. The minimum absolute atomic E-state index is 0.196. The molecule has 0 aliphatic carbocycles. The van der Waals surface area contributed by atoms with E-state index in [2.05, 4.69) is 9.62 Å². The number of halogens is 1. The van der Waals surface area contributed by atoms with Crippen LogP contribution in [0, 0.1) is 5.82 Å². The van der Waals surface area contributed by atoms with E-state index in [0.29, 0.717) is 13.1 Å². The second kappa shape index (κ2) is 7.31. The molecule has 0 bridgehead atoms. The number of piperazine rings is 1.